The van der Waals surface area contributed by atoms with E-state index < -0.39 is 5.91 Å². The maximum atomic E-state index is 10.7. The molecule has 1 amide bonds. The van der Waals surface area contributed by atoms with Gasteiger partial charge in [0.15, 0.2) is 0 Å². The molecule has 58 valence electrons. The largest absolute Gasteiger partial charge is 0.293 e. The fourth-order valence-corrected chi connectivity index (χ4v) is 1.04. The predicted molar refractivity (Wildman–Crippen MR) is 46.2 cm³/mol. The summed E-state index contributed by atoms with van der Waals surface area (Å²) in [4.78, 5) is 14.5. The van der Waals surface area contributed by atoms with Crippen LogP contribution in [-0.4, -0.2) is 16.1 Å². The third-order valence-electron chi connectivity index (χ3n) is 1.06. The first-order valence-electron chi connectivity index (χ1n) is 2.80. The van der Waals surface area contributed by atoms with Crippen molar-refractivity contribution >= 4 is 28.5 Å². The van der Waals surface area contributed by atoms with Gasteiger partial charge in [-0.2, -0.15) is 0 Å². The van der Waals surface area contributed by atoms with Crippen LogP contribution in [0.1, 0.15) is 10.5 Å². The molecule has 1 aromatic heterocycles. The van der Waals surface area contributed by atoms with Crippen molar-refractivity contribution in [2.24, 2.45) is 0 Å². The second kappa shape index (κ2) is 3.63. The van der Waals surface area contributed by atoms with Crippen LogP contribution in [0.2, 0.25) is 0 Å². The van der Waals surface area contributed by atoms with Crippen molar-refractivity contribution in [3.05, 3.63) is 27.6 Å². The Morgan fingerprint density at radius 1 is 1.73 bits per heavy atom. The summed E-state index contributed by atoms with van der Waals surface area (Å²) in [6, 6.07) is 3.33. The summed E-state index contributed by atoms with van der Waals surface area (Å²) in [5.41, 5.74) is 1.71. The molecular weight excluding hydrogens is 259 g/mol. The molecule has 0 spiro atoms. The van der Waals surface area contributed by atoms with E-state index in [-0.39, 0.29) is 5.69 Å². The van der Waals surface area contributed by atoms with Crippen LogP contribution in [0.15, 0.2) is 18.3 Å². The normalized spacial score (nSPS) is 9.27. The quantitative estimate of drug-likeness (QED) is 0.448. The van der Waals surface area contributed by atoms with Gasteiger partial charge in [0.2, 0.25) is 0 Å². The molecule has 0 unspecified atom stereocenters. The van der Waals surface area contributed by atoms with E-state index in [0.717, 1.165) is 3.57 Å². The Hall–Kier alpha value is -0.690. The summed E-state index contributed by atoms with van der Waals surface area (Å²) in [5, 5.41) is 8.24. The molecule has 11 heavy (non-hydrogen) atoms. The summed E-state index contributed by atoms with van der Waals surface area (Å²) in [6.45, 7) is 0. The Labute approximate surface area is 76.7 Å². The van der Waals surface area contributed by atoms with Crippen molar-refractivity contribution in [2.45, 2.75) is 0 Å². The molecule has 0 aromatic carbocycles. The zero-order valence-corrected chi connectivity index (χ0v) is 7.57. The second-order valence-electron chi connectivity index (χ2n) is 1.80. The number of halogens is 1. The molecule has 0 aliphatic carbocycles. The van der Waals surface area contributed by atoms with E-state index in [4.69, 9.17) is 5.21 Å². The van der Waals surface area contributed by atoms with Gasteiger partial charge in [-0.3, -0.25) is 15.0 Å². The highest BCUT2D eigenvalue weighted by Gasteiger charge is 2.04. The van der Waals surface area contributed by atoms with E-state index in [9.17, 15) is 4.79 Å². The molecule has 1 heterocycles. The van der Waals surface area contributed by atoms with Gasteiger partial charge in [0, 0.05) is 9.77 Å². The smallest absolute Gasteiger partial charge is 0.288 e. The van der Waals surface area contributed by atoms with Gasteiger partial charge < -0.3 is 0 Å². The van der Waals surface area contributed by atoms with Crippen LogP contribution in [0.3, 0.4) is 0 Å². The van der Waals surface area contributed by atoms with Crippen LogP contribution in [-0.2, 0) is 0 Å². The molecule has 0 saturated heterocycles. The fourth-order valence-electron chi connectivity index (χ4n) is 0.586. The number of hydrogen-bond acceptors (Lipinski definition) is 3. The third kappa shape index (κ3) is 2.12. The molecule has 0 bridgehead atoms. The Morgan fingerprint density at radius 3 is 3.00 bits per heavy atom. The number of amides is 1. The van der Waals surface area contributed by atoms with Gasteiger partial charge in [0.25, 0.3) is 5.91 Å². The fraction of sp³-hybridized carbons (Fsp3) is 0. The van der Waals surface area contributed by atoms with Gasteiger partial charge in [-0.15, -0.1) is 0 Å². The Balaban J connectivity index is 2.96. The van der Waals surface area contributed by atoms with E-state index in [1.165, 1.54) is 11.7 Å². The number of rotatable bonds is 1. The van der Waals surface area contributed by atoms with E-state index in [1.807, 2.05) is 0 Å². The molecule has 0 saturated carbocycles. The molecular formula is C6H5IN2O2. The van der Waals surface area contributed by atoms with E-state index in [1.54, 1.807) is 12.1 Å². The molecule has 0 aliphatic rings. The maximum Gasteiger partial charge on any atom is 0.293 e. The van der Waals surface area contributed by atoms with E-state index in [2.05, 4.69) is 27.6 Å². The molecule has 4 nitrogen and oxygen atoms in total. The highest BCUT2D eigenvalue weighted by molar-refractivity contribution is 14.1. The standard InChI is InChI=1S/C6H5IN2O2/c7-4-1-2-8-5(3-4)6(10)9-11/h1-3,11H,(H,9,10). The minimum absolute atomic E-state index is 0.208. The van der Waals surface area contributed by atoms with Crippen molar-refractivity contribution in [3.8, 4) is 0 Å². The molecule has 1 aromatic rings. The zero-order valence-electron chi connectivity index (χ0n) is 5.41. The lowest BCUT2D eigenvalue weighted by molar-refractivity contribution is 0.0700. The highest BCUT2D eigenvalue weighted by Crippen LogP contribution is 2.03. The SMILES string of the molecule is O=C(NO)c1cc(I)ccn1. The number of hydrogen-bond donors (Lipinski definition) is 2. The Morgan fingerprint density at radius 2 is 2.45 bits per heavy atom. The minimum Gasteiger partial charge on any atom is -0.288 e. The van der Waals surface area contributed by atoms with E-state index in [0.29, 0.717) is 0 Å². The number of pyridine rings is 1. The minimum atomic E-state index is -0.594. The number of nitrogens with zero attached hydrogens (tertiary/aromatic N) is 1. The van der Waals surface area contributed by atoms with Crippen molar-refractivity contribution in [2.75, 3.05) is 0 Å². The van der Waals surface area contributed by atoms with Crippen LogP contribution in [0, 0.1) is 3.57 Å². The summed E-state index contributed by atoms with van der Waals surface area (Å²) in [5.74, 6) is -0.594. The first-order valence-corrected chi connectivity index (χ1v) is 3.88. The number of carbonyl (C=O) groups excluding carboxylic acids is 1. The lowest BCUT2D eigenvalue weighted by Gasteiger charge is -1.96. The lowest BCUT2D eigenvalue weighted by atomic mass is 10.3. The Kier molecular flexibility index (Phi) is 2.77. The Bertz CT molecular complexity index is 277. The summed E-state index contributed by atoms with van der Waals surface area (Å²) >= 11 is 2.05. The maximum absolute atomic E-state index is 10.7. The van der Waals surface area contributed by atoms with Crippen molar-refractivity contribution in [1.82, 2.24) is 10.5 Å². The van der Waals surface area contributed by atoms with Crippen molar-refractivity contribution in [1.29, 1.82) is 0 Å². The van der Waals surface area contributed by atoms with Gasteiger partial charge in [-0.25, -0.2) is 5.48 Å². The van der Waals surface area contributed by atoms with Gasteiger partial charge >= 0.3 is 0 Å². The van der Waals surface area contributed by atoms with Crippen LogP contribution in [0.5, 0.6) is 0 Å². The van der Waals surface area contributed by atoms with Crippen LogP contribution < -0.4 is 5.48 Å². The van der Waals surface area contributed by atoms with Gasteiger partial charge in [-0.1, -0.05) is 0 Å². The monoisotopic (exact) mass is 264 g/mol. The van der Waals surface area contributed by atoms with Crippen molar-refractivity contribution in [3.63, 3.8) is 0 Å². The van der Waals surface area contributed by atoms with Gasteiger partial charge in [0.05, 0.1) is 0 Å². The number of aromatic nitrogens is 1. The van der Waals surface area contributed by atoms with Crippen LogP contribution in [0.4, 0.5) is 0 Å². The predicted octanol–water partition coefficient (Wildman–Crippen LogP) is 0.805. The number of carbonyl (C=O) groups is 1. The van der Waals surface area contributed by atoms with Crippen LogP contribution in [0.25, 0.3) is 0 Å². The second-order valence-corrected chi connectivity index (χ2v) is 3.05. The van der Waals surface area contributed by atoms with E-state index >= 15 is 0 Å². The summed E-state index contributed by atoms with van der Waals surface area (Å²) in [6.07, 6.45) is 1.51. The number of nitrogens with one attached hydrogen (secondary N) is 1. The highest BCUT2D eigenvalue weighted by atomic mass is 127. The lowest BCUT2D eigenvalue weighted by Crippen LogP contribution is -2.19. The van der Waals surface area contributed by atoms with Crippen LogP contribution >= 0.6 is 22.6 Å². The van der Waals surface area contributed by atoms with Gasteiger partial charge in [0.1, 0.15) is 5.69 Å². The summed E-state index contributed by atoms with van der Waals surface area (Å²) < 4.78 is 0.899. The molecule has 5 heteroatoms. The third-order valence-corrected chi connectivity index (χ3v) is 1.73. The average Bonchev–Trinajstić information content (AvgIpc) is 2.03. The molecule has 0 fully saturated rings. The topological polar surface area (TPSA) is 62.2 Å². The first-order chi connectivity index (χ1) is 5.24. The average molecular weight is 264 g/mol. The molecule has 1 rings (SSSR count). The number of hydroxylamine groups is 1. The summed E-state index contributed by atoms with van der Waals surface area (Å²) in [7, 11) is 0. The molecule has 0 radical (unpaired) electrons. The zero-order chi connectivity index (χ0) is 8.27. The first kappa shape index (κ1) is 8.41. The van der Waals surface area contributed by atoms with Crippen molar-refractivity contribution < 1.29 is 10.0 Å². The van der Waals surface area contributed by atoms with Gasteiger partial charge in [-0.05, 0) is 34.7 Å². The molecule has 0 atom stereocenters. The molecule has 0 aliphatic heterocycles. The molecule has 2 N–H and O–H groups in total.